The third kappa shape index (κ3) is 3.84. The van der Waals surface area contributed by atoms with E-state index in [1.807, 2.05) is 48.5 Å². The topological polar surface area (TPSA) is 36.9 Å². The molecule has 3 rings (SSSR count). The van der Waals surface area contributed by atoms with Crippen LogP contribution in [0, 0.1) is 0 Å². The van der Waals surface area contributed by atoms with Crippen molar-refractivity contribution in [3.05, 3.63) is 48.5 Å². The molecule has 0 aromatic heterocycles. The number of rotatable bonds is 1. The van der Waals surface area contributed by atoms with Gasteiger partial charge in [-0.2, -0.15) is 0 Å². The summed E-state index contributed by atoms with van der Waals surface area (Å²) in [5.74, 6) is 3.15. The molecule has 0 aliphatic carbocycles. The van der Waals surface area contributed by atoms with Gasteiger partial charge in [-0.1, -0.05) is 19.1 Å². The maximum Gasteiger partial charge on any atom is 0.856 e. The highest BCUT2D eigenvalue weighted by molar-refractivity contribution is 6.46. The molecule has 5 heteroatoms. The molecule has 21 heavy (non-hydrogen) atoms. The molecular weight excluding hydrogens is 283 g/mol. The Morgan fingerprint density at radius 2 is 1.29 bits per heavy atom. The Morgan fingerprint density at radius 3 is 1.76 bits per heavy atom. The van der Waals surface area contributed by atoms with Crippen molar-refractivity contribution in [2.24, 2.45) is 0 Å². The van der Waals surface area contributed by atoms with Gasteiger partial charge < -0.3 is 17.1 Å². The molecule has 0 spiro atoms. The van der Waals surface area contributed by atoms with Crippen LogP contribution in [0.25, 0.3) is 0 Å². The second kappa shape index (κ2) is 6.75. The van der Waals surface area contributed by atoms with E-state index in [4.69, 9.17) is 17.1 Å². The first-order valence-corrected chi connectivity index (χ1v) is 8.88. The number of benzene rings is 2. The van der Waals surface area contributed by atoms with Crippen molar-refractivity contribution in [3.8, 4) is 23.0 Å². The third-order valence-electron chi connectivity index (χ3n) is 3.10. The van der Waals surface area contributed by atoms with Gasteiger partial charge in [0, 0.05) is 12.1 Å². The van der Waals surface area contributed by atoms with Gasteiger partial charge in [-0.05, 0) is 29.5 Å². The molecule has 1 aliphatic rings. The van der Waals surface area contributed by atoms with Gasteiger partial charge in [0.2, 0.25) is 0 Å². The van der Waals surface area contributed by atoms with Gasteiger partial charge in [-0.3, -0.25) is 0 Å². The SMILES string of the molecule is C[CH2][Al]1[O]c2cccc(c2)OCCOc2cccc(c2)[O]1. The predicted octanol–water partition coefficient (Wildman–Crippen LogP) is 3.42. The monoisotopic (exact) mass is 300 g/mol. The third-order valence-corrected chi connectivity index (χ3v) is 4.84. The van der Waals surface area contributed by atoms with Crippen LogP contribution in [-0.2, 0) is 0 Å². The van der Waals surface area contributed by atoms with E-state index in [0.29, 0.717) is 13.2 Å². The Labute approximate surface area is 129 Å². The zero-order valence-corrected chi connectivity index (χ0v) is 13.1. The lowest BCUT2D eigenvalue weighted by molar-refractivity contribution is 0.217. The first-order chi connectivity index (χ1) is 10.3. The van der Waals surface area contributed by atoms with Crippen LogP contribution in [0.3, 0.4) is 0 Å². The van der Waals surface area contributed by atoms with Crippen molar-refractivity contribution < 1.29 is 17.1 Å². The molecule has 0 saturated carbocycles. The van der Waals surface area contributed by atoms with Gasteiger partial charge in [0.1, 0.15) is 24.7 Å². The maximum absolute atomic E-state index is 6.01. The lowest BCUT2D eigenvalue weighted by Gasteiger charge is -2.16. The molecule has 0 amide bonds. The Kier molecular flexibility index (Phi) is 4.54. The van der Waals surface area contributed by atoms with Crippen LogP contribution in [0.2, 0.25) is 5.28 Å². The minimum absolute atomic E-state index is 0.489. The van der Waals surface area contributed by atoms with Gasteiger partial charge in [0.25, 0.3) is 0 Å². The van der Waals surface area contributed by atoms with Crippen LogP contribution >= 0.6 is 0 Å². The lowest BCUT2D eigenvalue weighted by atomic mass is 10.3. The van der Waals surface area contributed by atoms with Gasteiger partial charge in [0.15, 0.2) is 0 Å². The molecule has 1 heterocycles. The fraction of sp³-hybridized carbons (Fsp3) is 0.250. The Balaban J connectivity index is 1.87. The molecule has 0 N–H and O–H groups in total. The summed E-state index contributed by atoms with van der Waals surface area (Å²) in [6.45, 7) is 3.06. The maximum atomic E-state index is 6.01. The van der Waals surface area contributed by atoms with Crippen LogP contribution in [0.15, 0.2) is 48.5 Å². The molecule has 2 aromatic rings. The zero-order valence-electron chi connectivity index (χ0n) is 12.0. The summed E-state index contributed by atoms with van der Waals surface area (Å²) < 4.78 is 23.4. The van der Waals surface area contributed by atoms with E-state index in [0.717, 1.165) is 28.3 Å². The lowest BCUT2D eigenvalue weighted by Crippen LogP contribution is -2.28. The van der Waals surface area contributed by atoms with E-state index in [2.05, 4.69) is 6.92 Å². The molecule has 0 fully saturated rings. The first kappa shape index (κ1) is 14.1. The van der Waals surface area contributed by atoms with Crippen LogP contribution in [0.5, 0.6) is 23.0 Å². The van der Waals surface area contributed by atoms with Crippen LogP contribution in [0.1, 0.15) is 6.92 Å². The highest BCUT2D eigenvalue weighted by atomic mass is 27.2. The molecule has 4 bridgehead atoms. The van der Waals surface area contributed by atoms with Crippen molar-refractivity contribution in [2.75, 3.05) is 13.2 Å². The first-order valence-electron chi connectivity index (χ1n) is 7.12. The van der Waals surface area contributed by atoms with Crippen molar-refractivity contribution in [3.63, 3.8) is 0 Å². The highest BCUT2D eigenvalue weighted by Gasteiger charge is 2.30. The second-order valence-electron chi connectivity index (χ2n) is 4.72. The standard InChI is InChI=1S/C14H14O4.C2H5.Al/c15-11-3-1-5-13(9-11)17-7-8-18-14-6-2-4-12(16)10-14;1-2;/h1-6,9-10,15-16H,7-8H2;1H2,2H3;/q;;+2/p-2. The summed E-state index contributed by atoms with van der Waals surface area (Å²) in [6, 6.07) is 15.3. The number of hydrogen-bond acceptors (Lipinski definition) is 4. The second-order valence-corrected chi connectivity index (χ2v) is 6.87. The summed E-state index contributed by atoms with van der Waals surface area (Å²) in [4.78, 5) is 0. The quantitative estimate of drug-likeness (QED) is 0.756. The largest absolute Gasteiger partial charge is 0.856 e. The average Bonchev–Trinajstić information content (AvgIpc) is 2.51. The van der Waals surface area contributed by atoms with Crippen molar-refractivity contribution in [1.82, 2.24) is 0 Å². The molecule has 0 radical (unpaired) electrons. The Bertz CT molecular complexity index is 551. The van der Waals surface area contributed by atoms with Crippen LogP contribution < -0.4 is 17.1 Å². The number of hydrogen-bond donors (Lipinski definition) is 0. The highest BCUT2D eigenvalue weighted by Crippen LogP contribution is 2.24. The van der Waals surface area contributed by atoms with Crippen molar-refractivity contribution in [1.29, 1.82) is 0 Å². The molecule has 2 aromatic carbocycles. The molecule has 4 nitrogen and oxygen atoms in total. The predicted molar refractivity (Wildman–Crippen MR) is 81.4 cm³/mol. The van der Waals surface area contributed by atoms with E-state index < -0.39 is 14.8 Å². The fourth-order valence-corrected chi connectivity index (χ4v) is 3.37. The minimum Gasteiger partial charge on any atom is -0.612 e. The molecule has 1 aliphatic heterocycles. The summed E-state index contributed by atoms with van der Waals surface area (Å²) in [5.41, 5.74) is 0. The summed E-state index contributed by atoms with van der Waals surface area (Å²) >= 11 is -1.82. The van der Waals surface area contributed by atoms with Crippen molar-refractivity contribution in [2.45, 2.75) is 12.2 Å². The van der Waals surface area contributed by atoms with Crippen LogP contribution in [-0.4, -0.2) is 28.0 Å². The summed E-state index contributed by atoms with van der Waals surface area (Å²) in [6.07, 6.45) is 0. The van der Waals surface area contributed by atoms with Gasteiger partial charge in [-0.25, -0.2) is 0 Å². The fourth-order valence-electron chi connectivity index (χ4n) is 2.09. The average molecular weight is 300 g/mol. The van der Waals surface area contributed by atoms with Crippen LogP contribution in [0.4, 0.5) is 0 Å². The van der Waals surface area contributed by atoms with E-state index in [1.54, 1.807) is 0 Å². The van der Waals surface area contributed by atoms with E-state index in [-0.39, 0.29) is 0 Å². The van der Waals surface area contributed by atoms with Gasteiger partial charge in [-0.15, -0.1) is 0 Å². The Morgan fingerprint density at radius 1 is 0.810 bits per heavy atom. The number of fused-ring (bicyclic) bond motifs is 4. The van der Waals surface area contributed by atoms with E-state index >= 15 is 0 Å². The molecule has 0 atom stereocenters. The van der Waals surface area contributed by atoms with Crippen molar-refractivity contribution >= 4 is 14.8 Å². The molecule has 108 valence electrons. The van der Waals surface area contributed by atoms with Gasteiger partial charge >= 0.3 is 14.8 Å². The smallest absolute Gasteiger partial charge is 0.612 e. The zero-order chi connectivity index (χ0) is 14.5. The van der Waals surface area contributed by atoms with E-state index in [1.165, 1.54) is 0 Å². The normalized spacial score (nSPS) is 14.2. The molecule has 0 unspecified atom stereocenters. The molecular formula is C16H17AlO4. The van der Waals surface area contributed by atoms with Gasteiger partial charge in [0.05, 0.1) is 11.5 Å². The Hall–Kier alpha value is -1.83. The summed E-state index contributed by atoms with van der Waals surface area (Å²) in [7, 11) is 0. The molecule has 0 saturated heterocycles. The minimum atomic E-state index is -1.82. The van der Waals surface area contributed by atoms with E-state index in [9.17, 15) is 0 Å². The summed E-state index contributed by atoms with van der Waals surface area (Å²) in [5, 5.41) is 0.871. The number of ether oxygens (including phenoxy) is 2.